The van der Waals surface area contributed by atoms with Gasteiger partial charge in [0.25, 0.3) is 6.43 Å². The van der Waals surface area contributed by atoms with Crippen molar-refractivity contribution in [2.75, 3.05) is 6.61 Å². The van der Waals surface area contributed by atoms with Gasteiger partial charge in [-0.05, 0) is 33.9 Å². The van der Waals surface area contributed by atoms with Gasteiger partial charge in [-0.25, -0.2) is 18.4 Å². The number of hydrogen-bond donors (Lipinski definition) is 2. The van der Waals surface area contributed by atoms with Crippen LogP contribution in [0.15, 0.2) is 72.8 Å². The number of carboxylic acids is 1. The van der Waals surface area contributed by atoms with Crippen molar-refractivity contribution in [2.24, 2.45) is 0 Å². The topological polar surface area (TPSA) is 75.6 Å². The van der Waals surface area contributed by atoms with E-state index >= 15 is 0 Å². The van der Waals surface area contributed by atoms with Gasteiger partial charge in [-0.15, -0.1) is 0 Å². The number of amides is 1. The zero-order valence-electron chi connectivity index (χ0n) is 16.3. The van der Waals surface area contributed by atoms with Crippen molar-refractivity contribution < 1.29 is 28.2 Å². The lowest BCUT2D eigenvalue weighted by atomic mass is 9.98. The van der Waals surface area contributed by atoms with Crippen LogP contribution in [0.2, 0.25) is 0 Å². The molecule has 1 amide bonds. The number of benzene rings is 3. The molecular formula is C24H19F2NO4. The molecule has 0 spiro atoms. The number of alkyl carbamates (subject to hydrolysis) is 1. The number of hydrogen-bond acceptors (Lipinski definition) is 3. The molecule has 1 atom stereocenters. The Morgan fingerprint density at radius 1 is 0.903 bits per heavy atom. The molecule has 0 bridgehead atoms. The number of nitrogens with one attached hydrogen (secondary N) is 1. The average Bonchev–Trinajstić information content (AvgIpc) is 3.09. The smallest absolute Gasteiger partial charge is 0.408 e. The molecule has 4 rings (SSSR count). The molecule has 7 heteroatoms. The quantitative estimate of drug-likeness (QED) is 0.565. The number of carboxylic acid groups (broad SMARTS) is 1. The largest absolute Gasteiger partial charge is 0.479 e. The normalized spacial score (nSPS) is 13.4. The second-order valence-electron chi connectivity index (χ2n) is 7.21. The van der Waals surface area contributed by atoms with Crippen molar-refractivity contribution in [3.8, 4) is 11.1 Å². The first-order valence-electron chi connectivity index (χ1n) is 9.68. The Morgan fingerprint density at radius 2 is 1.48 bits per heavy atom. The number of rotatable bonds is 6. The molecule has 1 aliphatic rings. The highest BCUT2D eigenvalue weighted by Gasteiger charge is 2.30. The Kier molecular flexibility index (Phi) is 5.66. The second kappa shape index (κ2) is 8.55. The third-order valence-corrected chi connectivity index (χ3v) is 5.35. The van der Waals surface area contributed by atoms with E-state index in [9.17, 15) is 23.5 Å². The van der Waals surface area contributed by atoms with E-state index in [1.807, 2.05) is 48.5 Å². The maximum atomic E-state index is 13.0. The van der Waals surface area contributed by atoms with Crippen molar-refractivity contribution in [2.45, 2.75) is 18.4 Å². The number of alkyl halides is 2. The van der Waals surface area contributed by atoms with Gasteiger partial charge < -0.3 is 15.2 Å². The van der Waals surface area contributed by atoms with Gasteiger partial charge in [0.1, 0.15) is 6.61 Å². The maximum Gasteiger partial charge on any atom is 0.408 e. The number of carbonyl (C=O) groups excluding carboxylic acids is 1. The van der Waals surface area contributed by atoms with Crippen molar-refractivity contribution in [3.05, 3.63) is 95.1 Å². The molecular weight excluding hydrogens is 404 g/mol. The molecule has 0 saturated carbocycles. The van der Waals surface area contributed by atoms with Crippen molar-refractivity contribution in [1.82, 2.24) is 5.32 Å². The summed E-state index contributed by atoms with van der Waals surface area (Å²) < 4.78 is 31.3. The molecule has 1 unspecified atom stereocenters. The predicted octanol–water partition coefficient (Wildman–Crippen LogP) is 5.29. The molecule has 158 valence electrons. The highest BCUT2D eigenvalue weighted by molar-refractivity contribution is 5.82. The van der Waals surface area contributed by atoms with Gasteiger partial charge in [0, 0.05) is 11.5 Å². The van der Waals surface area contributed by atoms with Crippen LogP contribution in [0, 0.1) is 0 Å². The van der Waals surface area contributed by atoms with Gasteiger partial charge in [0.15, 0.2) is 6.04 Å². The molecule has 5 nitrogen and oxygen atoms in total. The van der Waals surface area contributed by atoms with Crippen molar-refractivity contribution in [1.29, 1.82) is 0 Å². The molecule has 1 aliphatic carbocycles. The Labute approximate surface area is 177 Å². The summed E-state index contributed by atoms with van der Waals surface area (Å²) >= 11 is 0. The van der Waals surface area contributed by atoms with E-state index in [4.69, 9.17) is 4.74 Å². The fourth-order valence-corrected chi connectivity index (χ4v) is 3.92. The monoisotopic (exact) mass is 423 g/mol. The van der Waals surface area contributed by atoms with Gasteiger partial charge in [-0.3, -0.25) is 0 Å². The number of fused-ring (bicyclic) bond motifs is 3. The molecule has 0 radical (unpaired) electrons. The Morgan fingerprint density at radius 3 is 2.06 bits per heavy atom. The second-order valence-corrected chi connectivity index (χ2v) is 7.21. The molecule has 0 fully saturated rings. The molecule has 0 aromatic heterocycles. The van der Waals surface area contributed by atoms with Gasteiger partial charge >= 0.3 is 12.1 Å². The first kappa shape index (κ1) is 20.5. The summed E-state index contributed by atoms with van der Waals surface area (Å²) in [5, 5.41) is 11.8. The third-order valence-electron chi connectivity index (χ3n) is 5.35. The summed E-state index contributed by atoms with van der Waals surface area (Å²) in [6.07, 6.45) is -3.68. The SMILES string of the molecule is O=C(NC(C(=O)O)c1cccc(C(F)F)c1)OCC1c2ccccc2-c2ccccc21. The van der Waals surface area contributed by atoms with Gasteiger partial charge in [0.2, 0.25) is 0 Å². The first-order valence-corrected chi connectivity index (χ1v) is 9.68. The summed E-state index contributed by atoms with van der Waals surface area (Å²) in [4.78, 5) is 24.0. The zero-order valence-corrected chi connectivity index (χ0v) is 16.3. The van der Waals surface area contributed by atoms with Crippen LogP contribution >= 0.6 is 0 Å². The van der Waals surface area contributed by atoms with Gasteiger partial charge in [-0.1, -0.05) is 66.7 Å². The van der Waals surface area contributed by atoms with Crippen LogP contribution in [0.1, 0.15) is 40.6 Å². The molecule has 3 aromatic carbocycles. The van der Waals surface area contributed by atoms with Crippen LogP contribution in [0.3, 0.4) is 0 Å². The van der Waals surface area contributed by atoms with Crippen LogP contribution < -0.4 is 5.32 Å². The van der Waals surface area contributed by atoms with Gasteiger partial charge in [-0.2, -0.15) is 0 Å². The van der Waals surface area contributed by atoms with Crippen LogP contribution in [-0.2, 0) is 9.53 Å². The lowest BCUT2D eigenvalue weighted by Gasteiger charge is -2.18. The molecule has 3 aromatic rings. The number of aliphatic carboxylic acids is 1. The highest BCUT2D eigenvalue weighted by Crippen LogP contribution is 2.44. The van der Waals surface area contributed by atoms with Crippen molar-refractivity contribution >= 4 is 12.1 Å². The van der Waals surface area contributed by atoms with E-state index in [0.29, 0.717) is 0 Å². The van der Waals surface area contributed by atoms with E-state index in [1.54, 1.807) is 0 Å². The summed E-state index contributed by atoms with van der Waals surface area (Å²) in [7, 11) is 0. The fourth-order valence-electron chi connectivity index (χ4n) is 3.92. The average molecular weight is 423 g/mol. The minimum absolute atomic E-state index is 0.0171. The molecule has 2 N–H and O–H groups in total. The lowest BCUT2D eigenvalue weighted by molar-refractivity contribution is -0.139. The highest BCUT2D eigenvalue weighted by atomic mass is 19.3. The molecule has 0 saturated heterocycles. The lowest BCUT2D eigenvalue weighted by Crippen LogP contribution is -2.34. The summed E-state index contributed by atoms with van der Waals surface area (Å²) in [5.74, 6) is -1.55. The van der Waals surface area contributed by atoms with Gasteiger partial charge in [0.05, 0.1) is 0 Å². The molecule has 31 heavy (non-hydrogen) atoms. The first-order chi connectivity index (χ1) is 15.0. The predicted molar refractivity (Wildman–Crippen MR) is 110 cm³/mol. The van der Waals surface area contributed by atoms with Crippen LogP contribution in [0.4, 0.5) is 13.6 Å². The van der Waals surface area contributed by atoms with Crippen LogP contribution in [0.25, 0.3) is 11.1 Å². The van der Waals surface area contributed by atoms with E-state index in [0.717, 1.165) is 28.3 Å². The maximum absolute atomic E-state index is 13.0. The van der Waals surface area contributed by atoms with E-state index in [-0.39, 0.29) is 23.7 Å². The Hall–Kier alpha value is -3.74. The summed E-state index contributed by atoms with van der Waals surface area (Å²) in [6, 6.07) is 19.1. The number of halogens is 2. The molecule has 0 heterocycles. The summed E-state index contributed by atoms with van der Waals surface area (Å²) in [5.41, 5.74) is 3.91. The number of carbonyl (C=O) groups is 2. The minimum atomic E-state index is -2.75. The number of ether oxygens (including phenoxy) is 1. The Balaban J connectivity index is 1.49. The minimum Gasteiger partial charge on any atom is -0.479 e. The standard InChI is InChI=1S/C24H19F2NO4/c25-22(26)15-7-5-6-14(12-15)21(23(28)29)27-24(30)31-13-20-18-10-3-1-8-16(18)17-9-2-4-11-19(17)20/h1-12,20-22H,13H2,(H,27,30)(H,28,29). The van der Waals surface area contributed by atoms with E-state index < -0.39 is 24.5 Å². The van der Waals surface area contributed by atoms with Crippen molar-refractivity contribution in [3.63, 3.8) is 0 Å². The zero-order chi connectivity index (χ0) is 22.0. The molecule has 0 aliphatic heterocycles. The van der Waals surface area contributed by atoms with E-state index in [1.165, 1.54) is 18.2 Å². The fraction of sp³-hybridized carbons (Fsp3) is 0.167. The third kappa shape index (κ3) is 4.12. The van der Waals surface area contributed by atoms with Crippen LogP contribution in [0.5, 0.6) is 0 Å². The van der Waals surface area contributed by atoms with Crippen LogP contribution in [-0.4, -0.2) is 23.8 Å². The summed E-state index contributed by atoms with van der Waals surface area (Å²) in [6.45, 7) is 0.0171. The Bertz CT molecular complexity index is 1090. The van der Waals surface area contributed by atoms with E-state index in [2.05, 4.69) is 5.32 Å².